The summed E-state index contributed by atoms with van der Waals surface area (Å²) in [6.07, 6.45) is 5.80. The van der Waals surface area contributed by atoms with Gasteiger partial charge in [-0.25, -0.2) is 9.97 Å². The van der Waals surface area contributed by atoms with Gasteiger partial charge in [0.1, 0.15) is 11.3 Å². The molecule has 3 aromatic rings. The summed E-state index contributed by atoms with van der Waals surface area (Å²) in [5, 5.41) is 0.879. The predicted molar refractivity (Wildman–Crippen MR) is 122 cm³/mol. The molecule has 1 aromatic carbocycles. The summed E-state index contributed by atoms with van der Waals surface area (Å²) in [6, 6.07) is 7.86. The van der Waals surface area contributed by atoms with Gasteiger partial charge in [0, 0.05) is 35.2 Å². The summed E-state index contributed by atoms with van der Waals surface area (Å²) in [5.41, 5.74) is 7.84. The zero-order chi connectivity index (χ0) is 21.1. The van der Waals surface area contributed by atoms with Crippen LogP contribution >= 0.6 is 27.7 Å². The Balaban J connectivity index is 1.61. The van der Waals surface area contributed by atoms with Gasteiger partial charge >= 0.3 is 0 Å². The number of hydrogen-bond donors (Lipinski definition) is 1. The van der Waals surface area contributed by atoms with Crippen LogP contribution in [0.15, 0.2) is 45.0 Å². The number of amides is 1. The molecule has 2 N–H and O–H groups in total. The number of anilines is 1. The molecule has 30 heavy (non-hydrogen) atoms. The van der Waals surface area contributed by atoms with Crippen LogP contribution in [0.4, 0.5) is 5.82 Å². The third-order valence-corrected chi connectivity index (χ3v) is 7.57. The van der Waals surface area contributed by atoms with Crippen molar-refractivity contribution in [3.63, 3.8) is 0 Å². The fourth-order valence-electron chi connectivity index (χ4n) is 3.79. The molecule has 3 heterocycles. The van der Waals surface area contributed by atoms with Crippen molar-refractivity contribution in [3.05, 3.63) is 34.9 Å². The zero-order valence-corrected chi connectivity index (χ0v) is 19.2. The second-order valence-corrected chi connectivity index (χ2v) is 9.25. The van der Waals surface area contributed by atoms with Crippen molar-refractivity contribution in [2.45, 2.75) is 35.9 Å². The Hall–Kier alpha value is -2.26. The summed E-state index contributed by atoms with van der Waals surface area (Å²) in [6.45, 7) is 2.53. The largest absolute Gasteiger partial charge is 0.497 e. The Morgan fingerprint density at radius 1 is 1.33 bits per heavy atom. The minimum absolute atomic E-state index is 0.442. The van der Waals surface area contributed by atoms with Crippen molar-refractivity contribution in [1.82, 2.24) is 19.4 Å². The van der Waals surface area contributed by atoms with Crippen molar-refractivity contribution in [1.29, 1.82) is 0 Å². The van der Waals surface area contributed by atoms with E-state index >= 15 is 0 Å². The molecule has 0 bridgehead atoms. The topological polar surface area (TPSA) is 86.3 Å². The number of fused-ring (bicyclic) bond motifs is 1. The Labute approximate surface area is 188 Å². The molecule has 1 aliphatic rings. The first kappa shape index (κ1) is 21.0. The molecule has 1 saturated heterocycles. The van der Waals surface area contributed by atoms with Crippen LogP contribution in [0.2, 0.25) is 0 Å². The normalized spacial score (nSPS) is 14.9. The number of likely N-dealkylation sites (tertiary alicyclic amines) is 1. The minimum atomic E-state index is 0.442. The number of imidazole rings is 1. The van der Waals surface area contributed by atoms with Crippen LogP contribution in [-0.2, 0) is 11.3 Å². The van der Waals surface area contributed by atoms with E-state index in [4.69, 9.17) is 15.5 Å². The van der Waals surface area contributed by atoms with Gasteiger partial charge in [-0.05, 0) is 65.4 Å². The van der Waals surface area contributed by atoms with E-state index in [1.165, 1.54) is 0 Å². The molecule has 2 aromatic heterocycles. The van der Waals surface area contributed by atoms with Gasteiger partial charge < -0.3 is 19.9 Å². The number of hydrogen-bond acceptors (Lipinski definition) is 6. The quantitative estimate of drug-likeness (QED) is 0.500. The molecule has 1 aliphatic heterocycles. The van der Waals surface area contributed by atoms with Crippen molar-refractivity contribution in [3.8, 4) is 5.75 Å². The molecular formula is C21H24BrN5O2S. The number of nitrogens with two attached hydrogens (primary N) is 1. The number of piperidine rings is 1. The van der Waals surface area contributed by atoms with E-state index in [0.717, 1.165) is 76.6 Å². The van der Waals surface area contributed by atoms with Crippen LogP contribution in [-0.4, -0.2) is 46.0 Å². The van der Waals surface area contributed by atoms with Gasteiger partial charge in [-0.3, -0.25) is 4.79 Å². The van der Waals surface area contributed by atoms with E-state index in [1.54, 1.807) is 25.1 Å². The van der Waals surface area contributed by atoms with E-state index in [0.29, 0.717) is 11.7 Å². The van der Waals surface area contributed by atoms with Gasteiger partial charge in [0.15, 0.2) is 11.0 Å². The van der Waals surface area contributed by atoms with Crippen LogP contribution < -0.4 is 10.5 Å². The van der Waals surface area contributed by atoms with Gasteiger partial charge in [-0.2, -0.15) is 0 Å². The van der Waals surface area contributed by atoms with Gasteiger partial charge in [0.05, 0.1) is 12.6 Å². The Morgan fingerprint density at radius 3 is 2.87 bits per heavy atom. The van der Waals surface area contributed by atoms with Crippen molar-refractivity contribution in [2.75, 3.05) is 25.9 Å². The molecule has 0 radical (unpaired) electrons. The van der Waals surface area contributed by atoms with Crippen LogP contribution in [0.3, 0.4) is 0 Å². The van der Waals surface area contributed by atoms with E-state index in [2.05, 4.69) is 25.5 Å². The predicted octanol–water partition coefficient (Wildman–Crippen LogP) is 4.19. The highest BCUT2D eigenvalue weighted by Crippen LogP contribution is 2.38. The van der Waals surface area contributed by atoms with Crippen molar-refractivity contribution < 1.29 is 9.53 Å². The van der Waals surface area contributed by atoms with Crippen LogP contribution in [0.5, 0.6) is 5.75 Å². The highest BCUT2D eigenvalue weighted by atomic mass is 79.9. The first-order valence-corrected chi connectivity index (χ1v) is 11.5. The van der Waals surface area contributed by atoms with Gasteiger partial charge in [0.25, 0.3) is 0 Å². The highest BCUT2D eigenvalue weighted by molar-refractivity contribution is 9.10. The van der Waals surface area contributed by atoms with Crippen molar-refractivity contribution in [2.24, 2.45) is 5.92 Å². The minimum Gasteiger partial charge on any atom is -0.497 e. The lowest BCUT2D eigenvalue weighted by Gasteiger charge is -2.29. The number of benzene rings is 1. The zero-order valence-electron chi connectivity index (χ0n) is 16.8. The van der Waals surface area contributed by atoms with E-state index in [9.17, 15) is 4.79 Å². The highest BCUT2D eigenvalue weighted by Gasteiger charge is 2.20. The SMILES string of the molecule is COc1ccc(Br)c(Sc2nc3c(N)nccc3n2CCC2CCN(C=O)CC2)c1. The first-order valence-electron chi connectivity index (χ1n) is 9.90. The number of pyridine rings is 1. The van der Waals surface area contributed by atoms with Gasteiger partial charge in [-0.15, -0.1) is 0 Å². The van der Waals surface area contributed by atoms with Gasteiger partial charge in [0.2, 0.25) is 6.41 Å². The molecule has 0 saturated carbocycles. The number of rotatable bonds is 7. The average Bonchev–Trinajstić information content (AvgIpc) is 3.12. The number of halogens is 1. The van der Waals surface area contributed by atoms with E-state index in [-0.39, 0.29) is 0 Å². The maximum absolute atomic E-state index is 11.0. The molecule has 4 rings (SSSR count). The maximum atomic E-state index is 11.0. The lowest BCUT2D eigenvalue weighted by atomic mass is 9.94. The molecule has 0 aliphatic carbocycles. The average molecular weight is 490 g/mol. The van der Waals surface area contributed by atoms with Crippen LogP contribution in [0.1, 0.15) is 19.3 Å². The van der Waals surface area contributed by atoms with Crippen LogP contribution in [0.25, 0.3) is 11.0 Å². The molecule has 0 atom stereocenters. The molecule has 7 nitrogen and oxygen atoms in total. The molecular weight excluding hydrogens is 466 g/mol. The second kappa shape index (κ2) is 9.26. The number of ether oxygens (including phenoxy) is 1. The molecule has 1 amide bonds. The Morgan fingerprint density at radius 2 is 2.13 bits per heavy atom. The summed E-state index contributed by atoms with van der Waals surface area (Å²) in [7, 11) is 1.66. The summed E-state index contributed by atoms with van der Waals surface area (Å²) < 4.78 is 8.60. The molecule has 0 spiro atoms. The standard InChI is InChI=1S/C21H24BrN5O2S/c1-29-15-2-3-16(22)18(12-15)30-21-25-19-17(4-8-24-20(19)23)27(21)11-7-14-5-9-26(13-28)10-6-14/h2-4,8,12-14H,5-7,9-11H2,1H3,(H2,23,24). The number of methoxy groups -OCH3 is 1. The summed E-state index contributed by atoms with van der Waals surface area (Å²) >= 11 is 5.21. The number of aromatic nitrogens is 3. The third-order valence-electron chi connectivity index (χ3n) is 5.56. The molecule has 0 unspecified atom stereocenters. The molecule has 158 valence electrons. The lowest BCUT2D eigenvalue weighted by Crippen LogP contribution is -2.32. The fraction of sp³-hybridized carbons (Fsp3) is 0.381. The lowest BCUT2D eigenvalue weighted by molar-refractivity contribution is -0.119. The van der Waals surface area contributed by atoms with Crippen molar-refractivity contribution >= 4 is 51.0 Å². The van der Waals surface area contributed by atoms with Crippen LogP contribution in [0, 0.1) is 5.92 Å². The Bertz CT molecular complexity index is 1050. The number of nitrogen functional groups attached to an aromatic ring is 1. The number of carbonyl (C=O) groups excluding carboxylic acids is 1. The Kier molecular flexibility index (Phi) is 6.48. The summed E-state index contributed by atoms with van der Waals surface area (Å²) in [5.74, 6) is 1.84. The third kappa shape index (κ3) is 4.41. The smallest absolute Gasteiger partial charge is 0.209 e. The first-order chi connectivity index (χ1) is 14.6. The number of carbonyl (C=O) groups is 1. The fourth-order valence-corrected chi connectivity index (χ4v) is 5.25. The molecule has 9 heteroatoms. The monoisotopic (exact) mass is 489 g/mol. The van der Waals surface area contributed by atoms with Gasteiger partial charge in [-0.1, -0.05) is 11.8 Å². The van der Waals surface area contributed by atoms with E-state index in [1.807, 2.05) is 29.2 Å². The second-order valence-electron chi connectivity index (χ2n) is 7.38. The summed E-state index contributed by atoms with van der Waals surface area (Å²) in [4.78, 5) is 22.9. The number of nitrogens with zero attached hydrogens (tertiary/aromatic N) is 4. The maximum Gasteiger partial charge on any atom is 0.209 e. The number of aryl methyl sites for hydroxylation is 1. The van der Waals surface area contributed by atoms with E-state index < -0.39 is 0 Å². The molecule has 1 fully saturated rings.